The lowest BCUT2D eigenvalue weighted by Gasteiger charge is -2.18. The Morgan fingerprint density at radius 2 is 1.76 bits per heavy atom. The summed E-state index contributed by atoms with van der Waals surface area (Å²) in [5.41, 5.74) is 3.17. The van der Waals surface area contributed by atoms with E-state index in [0.717, 1.165) is 19.4 Å². The lowest BCUT2D eigenvalue weighted by molar-refractivity contribution is -0.0747. The number of unbranched alkanes of at least 4 members (excludes halogenated alkanes) is 1. The van der Waals surface area contributed by atoms with Crippen molar-refractivity contribution in [2.24, 2.45) is 0 Å². The van der Waals surface area contributed by atoms with Gasteiger partial charge in [-0.2, -0.15) is 0 Å². The van der Waals surface area contributed by atoms with Gasteiger partial charge in [0.15, 0.2) is 0 Å². The maximum Gasteiger partial charge on any atom is 0.219 e. The van der Waals surface area contributed by atoms with Gasteiger partial charge < -0.3 is 9.47 Å². The number of ether oxygens (including phenoxy) is 2. The highest BCUT2D eigenvalue weighted by Crippen LogP contribution is 2.33. The zero-order chi connectivity index (χ0) is 19.9. The first kappa shape index (κ1) is 19.7. The highest BCUT2D eigenvalue weighted by Gasteiger charge is 2.13. The van der Waals surface area contributed by atoms with Crippen molar-refractivity contribution in [2.75, 3.05) is 6.61 Å². The zero-order valence-electron chi connectivity index (χ0n) is 17.3. The third-order valence-corrected chi connectivity index (χ3v) is 5.71. The Labute approximate surface area is 173 Å². The van der Waals surface area contributed by atoms with Crippen LogP contribution < -0.4 is 0 Å². The van der Waals surface area contributed by atoms with Gasteiger partial charge in [-0.3, -0.25) is 0 Å². The van der Waals surface area contributed by atoms with Gasteiger partial charge in [-0.1, -0.05) is 68.0 Å². The molecule has 1 unspecified atom stereocenters. The van der Waals surface area contributed by atoms with Crippen LogP contribution in [0.1, 0.15) is 43.7 Å². The smallest absolute Gasteiger partial charge is 0.219 e. The summed E-state index contributed by atoms with van der Waals surface area (Å²) in [5, 5.41) is 5.64. The molecule has 1 heterocycles. The average molecular weight is 387 g/mol. The van der Waals surface area contributed by atoms with Crippen LogP contribution in [0.15, 0.2) is 73.0 Å². The Morgan fingerprint density at radius 1 is 0.897 bits per heavy atom. The van der Waals surface area contributed by atoms with E-state index in [1.807, 2.05) is 18.2 Å². The molecule has 0 bridgehead atoms. The topological polar surface area (TPSA) is 18.5 Å². The molecule has 29 heavy (non-hydrogen) atoms. The van der Waals surface area contributed by atoms with Gasteiger partial charge in [-0.25, -0.2) is 0 Å². The molecule has 1 aliphatic heterocycles. The molecule has 1 aliphatic carbocycles. The zero-order valence-corrected chi connectivity index (χ0v) is 17.3. The third-order valence-electron chi connectivity index (χ3n) is 5.71. The summed E-state index contributed by atoms with van der Waals surface area (Å²) < 4.78 is 10.5. The van der Waals surface area contributed by atoms with Gasteiger partial charge in [0.25, 0.3) is 0 Å². The molecule has 0 fully saturated rings. The molecule has 5 rings (SSSR count). The monoisotopic (exact) mass is 386 g/mol. The fourth-order valence-electron chi connectivity index (χ4n) is 4.15. The number of hydrogen-bond acceptors (Lipinski definition) is 2. The second-order valence-corrected chi connectivity index (χ2v) is 7.73. The van der Waals surface area contributed by atoms with Gasteiger partial charge in [0.2, 0.25) is 6.29 Å². The Morgan fingerprint density at radius 3 is 2.62 bits per heavy atom. The number of hydrogen-bond donors (Lipinski definition) is 0. The van der Waals surface area contributed by atoms with Crippen LogP contribution in [0.3, 0.4) is 0 Å². The fraction of sp³-hybridized carbons (Fsp3) is 0.333. The van der Waals surface area contributed by atoms with E-state index in [0.29, 0.717) is 0 Å². The van der Waals surface area contributed by atoms with E-state index in [1.54, 1.807) is 17.4 Å². The van der Waals surface area contributed by atoms with Gasteiger partial charge in [0, 0.05) is 0 Å². The van der Waals surface area contributed by atoms with E-state index in [-0.39, 0.29) is 6.29 Å². The van der Waals surface area contributed by atoms with E-state index in [1.165, 1.54) is 47.2 Å². The summed E-state index contributed by atoms with van der Waals surface area (Å²) in [6.07, 6.45) is 14.6. The molecule has 2 nitrogen and oxygen atoms in total. The molecule has 1 atom stereocenters. The van der Waals surface area contributed by atoms with Crippen LogP contribution >= 0.6 is 0 Å². The first-order valence-electron chi connectivity index (χ1n) is 10.9. The number of aryl methyl sites for hydroxylation is 2. The van der Waals surface area contributed by atoms with Crippen LogP contribution in [0.2, 0.25) is 0 Å². The Hall–Kier alpha value is -2.58. The van der Waals surface area contributed by atoms with Crippen LogP contribution in [0.4, 0.5) is 0 Å². The van der Waals surface area contributed by atoms with Crippen LogP contribution in [0.5, 0.6) is 0 Å². The standard InChI is InChI=1S/C18H16.C9H14O2/c1-3-7-15-13(5-1)9-11-18-16-8-4-2-6-14(16)10-12-17(15)18;1-2-3-7-10-9-6-4-5-8-11-9/h1,3,5,7,9-12H,2,4,6,8H2;4-6,8-9H,2-3,7H2,1H3. The van der Waals surface area contributed by atoms with Crippen molar-refractivity contribution in [2.45, 2.75) is 51.7 Å². The molecule has 0 saturated heterocycles. The van der Waals surface area contributed by atoms with E-state index in [4.69, 9.17) is 9.47 Å². The summed E-state index contributed by atoms with van der Waals surface area (Å²) in [4.78, 5) is 0. The maximum absolute atomic E-state index is 5.36. The highest BCUT2D eigenvalue weighted by molar-refractivity contribution is 6.08. The van der Waals surface area contributed by atoms with E-state index < -0.39 is 0 Å². The molecular formula is C27H30O2. The van der Waals surface area contributed by atoms with Crippen LogP contribution in [0.25, 0.3) is 21.5 Å². The lowest BCUT2D eigenvalue weighted by atomic mass is 9.86. The maximum atomic E-state index is 5.36. The van der Waals surface area contributed by atoms with Crippen molar-refractivity contribution in [1.82, 2.24) is 0 Å². The largest absolute Gasteiger partial charge is 0.469 e. The first-order valence-corrected chi connectivity index (χ1v) is 10.9. The van der Waals surface area contributed by atoms with E-state index in [2.05, 4.69) is 55.5 Å². The summed E-state index contributed by atoms with van der Waals surface area (Å²) in [6, 6.07) is 18.0. The van der Waals surface area contributed by atoms with Crippen LogP contribution in [-0.4, -0.2) is 12.9 Å². The molecule has 3 aromatic carbocycles. The molecule has 0 N–H and O–H groups in total. The number of fused-ring (bicyclic) bond motifs is 5. The molecule has 3 aromatic rings. The number of allylic oxidation sites excluding steroid dienone is 2. The normalized spacial score (nSPS) is 17.5. The van der Waals surface area contributed by atoms with E-state index in [9.17, 15) is 0 Å². The van der Waals surface area contributed by atoms with Crippen molar-refractivity contribution >= 4 is 21.5 Å². The third kappa shape index (κ3) is 4.71. The highest BCUT2D eigenvalue weighted by atomic mass is 16.7. The van der Waals surface area contributed by atoms with Crippen molar-refractivity contribution in [3.63, 3.8) is 0 Å². The van der Waals surface area contributed by atoms with Gasteiger partial charge in [-0.05, 0) is 76.9 Å². The molecule has 2 aliphatic rings. The van der Waals surface area contributed by atoms with Gasteiger partial charge >= 0.3 is 0 Å². The first-order chi connectivity index (χ1) is 14.4. The average Bonchev–Trinajstić information content (AvgIpc) is 2.80. The summed E-state index contributed by atoms with van der Waals surface area (Å²) in [5.74, 6) is 0. The second kappa shape index (κ2) is 9.76. The van der Waals surface area contributed by atoms with Crippen molar-refractivity contribution in [3.05, 3.63) is 84.1 Å². The fourth-order valence-corrected chi connectivity index (χ4v) is 4.15. The van der Waals surface area contributed by atoms with Crippen molar-refractivity contribution in [3.8, 4) is 0 Å². The molecular weight excluding hydrogens is 356 g/mol. The van der Waals surface area contributed by atoms with E-state index >= 15 is 0 Å². The Balaban J connectivity index is 0.000000161. The molecule has 0 radical (unpaired) electrons. The van der Waals surface area contributed by atoms with Crippen molar-refractivity contribution < 1.29 is 9.47 Å². The van der Waals surface area contributed by atoms with Crippen LogP contribution in [0, 0.1) is 0 Å². The molecule has 0 aromatic heterocycles. The quantitative estimate of drug-likeness (QED) is 0.352. The van der Waals surface area contributed by atoms with Crippen LogP contribution in [-0.2, 0) is 22.3 Å². The Bertz CT molecular complexity index is 1020. The summed E-state index contributed by atoms with van der Waals surface area (Å²) >= 11 is 0. The van der Waals surface area contributed by atoms with Gasteiger partial charge in [0.05, 0.1) is 12.9 Å². The minimum Gasteiger partial charge on any atom is -0.469 e. The molecule has 2 heteroatoms. The molecule has 0 spiro atoms. The SMILES string of the molecule is CCCCOC1C=CC=CO1.c1ccc2c(c1)ccc1c3c(ccc12)CCCC3. The lowest BCUT2D eigenvalue weighted by Crippen LogP contribution is -2.13. The summed E-state index contributed by atoms with van der Waals surface area (Å²) in [7, 11) is 0. The van der Waals surface area contributed by atoms with Gasteiger partial charge in [-0.15, -0.1) is 0 Å². The number of benzene rings is 3. The van der Waals surface area contributed by atoms with Crippen molar-refractivity contribution in [1.29, 1.82) is 0 Å². The molecule has 0 amide bonds. The summed E-state index contributed by atoms with van der Waals surface area (Å²) in [6.45, 7) is 2.92. The molecule has 150 valence electrons. The minimum atomic E-state index is -0.161. The molecule has 0 saturated carbocycles. The predicted octanol–water partition coefficient (Wildman–Crippen LogP) is 7.10. The minimum absolute atomic E-state index is 0.161. The number of rotatable bonds is 4. The Kier molecular flexibility index (Phi) is 6.63. The second-order valence-electron chi connectivity index (χ2n) is 7.73. The van der Waals surface area contributed by atoms with Gasteiger partial charge in [0.1, 0.15) is 0 Å². The predicted molar refractivity (Wildman–Crippen MR) is 122 cm³/mol.